The number of halogens is 3. The maximum atomic E-state index is 16.3. The molecule has 1 aliphatic carbocycles. The second-order valence-corrected chi connectivity index (χ2v) is 11.1. The summed E-state index contributed by atoms with van der Waals surface area (Å²) in [6.45, 7) is 1.61. The van der Waals surface area contributed by atoms with Gasteiger partial charge in [-0.25, -0.2) is 22.9 Å². The minimum atomic E-state index is -1.00. The molecule has 1 aromatic carbocycles. The zero-order valence-electron chi connectivity index (χ0n) is 23.2. The molecule has 43 heavy (non-hydrogen) atoms. The van der Waals surface area contributed by atoms with Crippen LogP contribution in [0.2, 0.25) is 0 Å². The first-order chi connectivity index (χ1) is 20.4. The number of fused-ring (bicyclic) bond motifs is 1. The molecule has 0 atom stereocenters. The van der Waals surface area contributed by atoms with Crippen molar-refractivity contribution in [3.63, 3.8) is 0 Å². The summed E-state index contributed by atoms with van der Waals surface area (Å²) in [5.41, 5.74) is 4.26. The quantitative estimate of drug-likeness (QED) is 0.321. The summed E-state index contributed by atoms with van der Waals surface area (Å²) >= 11 is 0. The maximum absolute atomic E-state index is 16.3. The van der Waals surface area contributed by atoms with Crippen LogP contribution in [0, 0.1) is 11.6 Å². The molecule has 3 aliphatic rings. The van der Waals surface area contributed by atoms with Crippen molar-refractivity contribution in [1.29, 1.82) is 0 Å². The van der Waals surface area contributed by atoms with Gasteiger partial charge in [-0.05, 0) is 38.5 Å². The number of hydrogen-bond donors (Lipinski definition) is 1. The van der Waals surface area contributed by atoms with E-state index in [2.05, 4.69) is 20.6 Å². The number of piperidine rings is 2. The highest BCUT2D eigenvalue weighted by molar-refractivity contribution is 6.00. The molecular formula is C27H31ClF2N10O3. The van der Waals surface area contributed by atoms with Crippen LogP contribution in [0.15, 0.2) is 35.8 Å². The number of aromatic nitrogens is 7. The van der Waals surface area contributed by atoms with Gasteiger partial charge in [0.25, 0.3) is 0 Å². The SMILES string of the molecule is Cl.Nc1c(F)c(N2CCC(n3ccnn3)CC2)c(F)c2c1c(=O)c(C(=O)ON1CCC(n3ccnn3)CC1)cn2C1CC1. The fourth-order valence-corrected chi connectivity index (χ4v) is 6.16. The lowest BCUT2D eigenvalue weighted by Gasteiger charge is -2.34. The van der Waals surface area contributed by atoms with E-state index < -0.39 is 28.7 Å². The number of nitrogens with zero attached hydrogens (tertiary/aromatic N) is 9. The van der Waals surface area contributed by atoms with Gasteiger partial charge in [0.05, 0.1) is 41.1 Å². The Morgan fingerprint density at radius 2 is 1.44 bits per heavy atom. The van der Waals surface area contributed by atoms with Crippen LogP contribution in [0.4, 0.5) is 20.2 Å². The molecule has 228 valence electrons. The molecule has 4 aromatic rings. The van der Waals surface area contributed by atoms with Crippen LogP contribution >= 0.6 is 12.4 Å². The molecule has 0 amide bonds. The van der Waals surface area contributed by atoms with Crippen molar-refractivity contribution in [2.24, 2.45) is 0 Å². The van der Waals surface area contributed by atoms with Gasteiger partial charge in [-0.3, -0.25) is 4.79 Å². The van der Waals surface area contributed by atoms with Gasteiger partial charge in [-0.15, -0.1) is 27.7 Å². The standard InChI is InChI=1S/C27H30F2N10O3.ClH/c28-21-23(30)20-24(22(29)25(21)35-9-3-17(4-10-35)38-13-7-31-33-38)37(16-1-2-16)15-19(26(20)40)27(41)42-36-11-5-18(6-12-36)39-14-8-32-34-39;/h7-8,13-18H,1-6,9-12,30H2;1H. The Kier molecular flexibility index (Phi) is 7.77. The predicted octanol–water partition coefficient (Wildman–Crippen LogP) is 3.05. The topological polar surface area (TPSA) is 142 Å². The third-order valence-electron chi connectivity index (χ3n) is 8.57. The lowest BCUT2D eigenvalue weighted by Crippen LogP contribution is -2.38. The van der Waals surface area contributed by atoms with E-state index in [4.69, 9.17) is 10.6 Å². The summed E-state index contributed by atoms with van der Waals surface area (Å²) in [7, 11) is 0. The number of carbonyl (C=O) groups is 1. The number of nitrogens with two attached hydrogens (primary N) is 1. The Hall–Kier alpha value is -4.11. The van der Waals surface area contributed by atoms with E-state index in [0.29, 0.717) is 51.9 Å². The Morgan fingerprint density at radius 3 is 1.98 bits per heavy atom. The molecule has 7 rings (SSSR count). The number of hydrogen-bond acceptors (Lipinski definition) is 10. The zero-order valence-corrected chi connectivity index (χ0v) is 24.0. The predicted molar refractivity (Wildman–Crippen MR) is 154 cm³/mol. The summed E-state index contributed by atoms with van der Waals surface area (Å²) in [5, 5.41) is 16.9. The van der Waals surface area contributed by atoms with Crippen molar-refractivity contribution in [3.05, 3.63) is 58.4 Å². The zero-order chi connectivity index (χ0) is 29.0. The van der Waals surface area contributed by atoms with Crippen LogP contribution in [0.25, 0.3) is 10.9 Å². The van der Waals surface area contributed by atoms with E-state index in [1.54, 1.807) is 43.6 Å². The summed E-state index contributed by atoms with van der Waals surface area (Å²) < 4.78 is 37.2. The van der Waals surface area contributed by atoms with Gasteiger partial charge in [0.15, 0.2) is 11.6 Å². The molecule has 13 nitrogen and oxygen atoms in total. The highest BCUT2D eigenvalue weighted by Gasteiger charge is 2.35. The van der Waals surface area contributed by atoms with E-state index in [-0.39, 0.29) is 52.7 Å². The van der Waals surface area contributed by atoms with Crippen molar-refractivity contribution in [3.8, 4) is 0 Å². The van der Waals surface area contributed by atoms with E-state index in [0.717, 1.165) is 12.8 Å². The first-order valence-corrected chi connectivity index (χ1v) is 14.2. The third kappa shape index (κ3) is 5.20. The van der Waals surface area contributed by atoms with Crippen LogP contribution in [-0.2, 0) is 4.84 Å². The smallest absolute Gasteiger partial charge is 0.362 e. The van der Waals surface area contributed by atoms with Crippen molar-refractivity contribution in [2.75, 3.05) is 36.8 Å². The Bertz CT molecular complexity index is 1680. The number of rotatable bonds is 6. The van der Waals surface area contributed by atoms with Gasteiger partial charge < -0.3 is 20.0 Å². The van der Waals surface area contributed by atoms with Gasteiger partial charge >= 0.3 is 5.97 Å². The van der Waals surface area contributed by atoms with Crippen molar-refractivity contribution in [1.82, 2.24) is 39.6 Å². The molecule has 0 spiro atoms. The number of nitrogen functional groups attached to an aromatic ring is 1. The highest BCUT2D eigenvalue weighted by atomic mass is 35.5. The largest absolute Gasteiger partial charge is 0.396 e. The fourth-order valence-electron chi connectivity index (χ4n) is 6.16. The molecule has 2 N–H and O–H groups in total. The average Bonchev–Trinajstić information content (AvgIpc) is 3.42. The van der Waals surface area contributed by atoms with Gasteiger partial charge in [0, 0.05) is 50.8 Å². The number of pyridine rings is 1. The monoisotopic (exact) mass is 616 g/mol. The number of benzene rings is 1. The first kappa shape index (κ1) is 29.0. The fraction of sp³-hybridized carbons (Fsp3) is 0.481. The molecule has 5 heterocycles. The molecule has 16 heteroatoms. The summed E-state index contributed by atoms with van der Waals surface area (Å²) in [6, 6.07) is 0.0612. The molecule has 2 saturated heterocycles. The van der Waals surface area contributed by atoms with E-state index >= 15 is 8.78 Å². The van der Waals surface area contributed by atoms with E-state index in [1.165, 1.54) is 11.3 Å². The summed E-state index contributed by atoms with van der Waals surface area (Å²) in [5.74, 6) is -2.73. The van der Waals surface area contributed by atoms with E-state index in [1.807, 2.05) is 0 Å². The van der Waals surface area contributed by atoms with Gasteiger partial charge in [-0.1, -0.05) is 10.4 Å². The lowest BCUT2D eigenvalue weighted by atomic mass is 10.0. The van der Waals surface area contributed by atoms with E-state index in [9.17, 15) is 9.59 Å². The summed E-state index contributed by atoms with van der Waals surface area (Å²) in [6.07, 6.45) is 12.1. The summed E-state index contributed by atoms with van der Waals surface area (Å²) in [4.78, 5) is 34.1. The number of carbonyl (C=O) groups excluding carboxylic acids is 1. The maximum Gasteiger partial charge on any atom is 0.362 e. The second-order valence-electron chi connectivity index (χ2n) is 11.1. The second kappa shape index (κ2) is 11.5. The Morgan fingerprint density at radius 1 is 0.860 bits per heavy atom. The highest BCUT2D eigenvalue weighted by Crippen LogP contribution is 2.42. The minimum absolute atomic E-state index is 0. The molecule has 3 aromatic heterocycles. The number of anilines is 2. The third-order valence-corrected chi connectivity index (χ3v) is 8.57. The Balaban J connectivity index is 0.00000329. The Labute approximate surface area is 250 Å². The van der Waals surface area contributed by atoms with Crippen molar-refractivity contribution >= 4 is 40.7 Å². The average molecular weight is 617 g/mol. The lowest BCUT2D eigenvalue weighted by molar-refractivity contribution is -0.125. The van der Waals surface area contributed by atoms with Crippen LogP contribution in [0.5, 0.6) is 0 Å². The van der Waals surface area contributed by atoms with Crippen LogP contribution < -0.4 is 16.1 Å². The molecule has 1 saturated carbocycles. The molecule has 3 fully saturated rings. The van der Waals surface area contributed by atoms with Crippen molar-refractivity contribution in [2.45, 2.75) is 56.7 Å². The normalized spacial score (nSPS) is 18.6. The molecular weight excluding hydrogens is 586 g/mol. The van der Waals surface area contributed by atoms with Gasteiger partial charge in [0.1, 0.15) is 11.3 Å². The van der Waals surface area contributed by atoms with Crippen molar-refractivity contribution < 1.29 is 18.4 Å². The van der Waals surface area contributed by atoms with Gasteiger partial charge in [-0.2, -0.15) is 0 Å². The van der Waals surface area contributed by atoms with Gasteiger partial charge in [0.2, 0.25) is 5.43 Å². The minimum Gasteiger partial charge on any atom is -0.396 e. The van der Waals surface area contributed by atoms with Crippen LogP contribution in [0.3, 0.4) is 0 Å². The number of hydroxylamine groups is 2. The van der Waals surface area contributed by atoms with Crippen LogP contribution in [-0.4, -0.2) is 71.8 Å². The molecule has 0 radical (unpaired) electrons. The van der Waals surface area contributed by atoms with Crippen LogP contribution in [0.1, 0.15) is 67.0 Å². The molecule has 0 unspecified atom stereocenters. The molecule has 2 aliphatic heterocycles. The first-order valence-electron chi connectivity index (χ1n) is 14.2. The molecule has 0 bridgehead atoms.